The summed E-state index contributed by atoms with van der Waals surface area (Å²) in [5, 5.41) is 2.05. The number of likely N-dealkylation sites (tertiary alicyclic amines) is 1. The van der Waals surface area contributed by atoms with Crippen molar-refractivity contribution in [1.82, 2.24) is 4.90 Å². The van der Waals surface area contributed by atoms with E-state index in [1.165, 1.54) is 4.88 Å². The van der Waals surface area contributed by atoms with Crippen LogP contribution < -0.4 is 5.73 Å². The van der Waals surface area contributed by atoms with Gasteiger partial charge in [-0.3, -0.25) is 4.79 Å². The average Bonchev–Trinajstić information content (AvgIpc) is 2.83. The molecular formula is C13H20N2OS. The standard InChI is InChI=1S/C13H20N2OS/c1-2-3-8-15-12(16)7-6-10(14)13(15)11-5-4-9-17-11/h4-5,9-10,13H,2-3,6-8,14H2,1H3. The van der Waals surface area contributed by atoms with Crippen LogP contribution in [0.3, 0.4) is 0 Å². The van der Waals surface area contributed by atoms with Gasteiger partial charge in [0, 0.05) is 23.9 Å². The van der Waals surface area contributed by atoms with E-state index in [2.05, 4.69) is 18.4 Å². The van der Waals surface area contributed by atoms with Crippen LogP contribution in [0.5, 0.6) is 0 Å². The molecule has 94 valence electrons. The Morgan fingerprint density at radius 1 is 1.59 bits per heavy atom. The predicted molar refractivity (Wildman–Crippen MR) is 70.9 cm³/mol. The van der Waals surface area contributed by atoms with Gasteiger partial charge in [-0.2, -0.15) is 0 Å². The molecular weight excluding hydrogens is 232 g/mol. The van der Waals surface area contributed by atoms with Crippen molar-refractivity contribution >= 4 is 17.2 Å². The molecule has 2 N–H and O–H groups in total. The Morgan fingerprint density at radius 3 is 3.06 bits per heavy atom. The average molecular weight is 252 g/mol. The predicted octanol–water partition coefficient (Wildman–Crippen LogP) is 2.54. The second kappa shape index (κ2) is 5.65. The monoisotopic (exact) mass is 252 g/mol. The van der Waals surface area contributed by atoms with Crippen molar-refractivity contribution in [2.45, 2.75) is 44.7 Å². The van der Waals surface area contributed by atoms with Gasteiger partial charge in [0.05, 0.1) is 6.04 Å². The first-order valence-corrected chi connectivity index (χ1v) is 7.20. The van der Waals surface area contributed by atoms with Crippen molar-refractivity contribution in [2.75, 3.05) is 6.54 Å². The summed E-state index contributed by atoms with van der Waals surface area (Å²) in [5.41, 5.74) is 6.21. The first-order chi connectivity index (χ1) is 8.24. The van der Waals surface area contributed by atoms with Crippen LogP contribution in [0.25, 0.3) is 0 Å². The number of carbonyl (C=O) groups is 1. The van der Waals surface area contributed by atoms with E-state index in [9.17, 15) is 4.79 Å². The largest absolute Gasteiger partial charge is 0.333 e. The number of unbranched alkanes of at least 4 members (excludes halogenated alkanes) is 1. The Hall–Kier alpha value is -0.870. The molecule has 3 nitrogen and oxygen atoms in total. The van der Waals surface area contributed by atoms with Crippen LogP contribution in [-0.4, -0.2) is 23.4 Å². The molecule has 1 aromatic rings. The van der Waals surface area contributed by atoms with Gasteiger partial charge in [-0.1, -0.05) is 19.4 Å². The van der Waals surface area contributed by atoms with Crippen LogP contribution in [0.4, 0.5) is 0 Å². The van der Waals surface area contributed by atoms with Crippen molar-refractivity contribution in [3.8, 4) is 0 Å². The third-order valence-electron chi connectivity index (χ3n) is 3.34. The van der Waals surface area contributed by atoms with Crippen molar-refractivity contribution in [3.05, 3.63) is 22.4 Å². The minimum atomic E-state index is 0.0863. The number of piperidine rings is 1. The van der Waals surface area contributed by atoms with E-state index in [-0.39, 0.29) is 18.0 Å². The van der Waals surface area contributed by atoms with Gasteiger partial charge in [0.15, 0.2) is 0 Å². The van der Waals surface area contributed by atoms with Gasteiger partial charge in [0.2, 0.25) is 5.91 Å². The van der Waals surface area contributed by atoms with Crippen LogP contribution in [-0.2, 0) is 4.79 Å². The molecule has 0 aliphatic carbocycles. The first-order valence-electron chi connectivity index (χ1n) is 6.32. The highest BCUT2D eigenvalue weighted by Crippen LogP contribution is 2.33. The van der Waals surface area contributed by atoms with E-state index in [4.69, 9.17) is 5.73 Å². The summed E-state index contributed by atoms with van der Waals surface area (Å²) in [4.78, 5) is 15.2. The number of carbonyl (C=O) groups excluding carboxylic acids is 1. The third-order valence-corrected chi connectivity index (χ3v) is 4.28. The molecule has 0 spiro atoms. The summed E-state index contributed by atoms with van der Waals surface area (Å²) in [7, 11) is 0. The summed E-state index contributed by atoms with van der Waals surface area (Å²) in [6, 6.07) is 4.31. The Kier molecular flexibility index (Phi) is 4.18. The zero-order valence-electron chi connectivity index (χ0n) is 10.3. The zero-order chi connectivity index (χ0) is 12.3. The molecule has 0 aromatic carbocycles. The second-order valence-corrected chi connectivity index (χ2v) is 5.58. The van der Waals surface area contributed by atoms with Crippen LogP contribution in [0, 0.1) is 0 Å². The van der Waals surface area contributed by atoms with Gasteiger partial charge < -0.3 is 10.6 Å². The topological polar surface area (TPSA) is 46.3 Å². The quantitative estimate of drug-likeness (QED) is 0.895. The van der Waals surface area contributed by atoms with E-state index >= 15 is 0 Å². The molecule has 1 aromatic heterocycles. The van der Waals surface area contributed by atoms with Gasteiger partial charge >= 0.3 is 0 Å². The highest BCUT2D eigenvalue weighted by molar-refractivity contribution is 7.10. The van der Waals surface area contributed by atoms with Gasteiger partial charge in [-0.25, -0.2) is 0 Å². The van der Waals surface area contributed by atoms with Crippen LogP contribution >= 0.6 is 11.3 Å². The Balaban J connectivity index is 2.19. The van der Waals surface area contributed by atoms with E-state index < -0.39 is 0 Å². The van der Waals surface area contributed by atoms with Crippen LogP contribution in [0.1, 0.15) is 43.5 Å². The van der Waals surface area contributed by atoms with E-state index in [1.807, 2.05) is 11.0 Å². The molecule has 2 unspecified atom stereocenters. The molecule has 0 radical (unpaired) electrons. The normalized spacial score (nSPS) is 25.3. The Labute approximate surface area is 107 Å². The number of thiophene rings is 1. The lowest BCUT2D eigenvalue weighted by Gasteiger charge is -2.39. The van der Waals surface area contributed by atoms with Gasteiger partial charge in [0.25, 0.3) is 0 Å². The number of hydrogen-bond acceptors (Lipinski definition) is 3. The lowest BCUT2D eigenvalue weighted by Crippen LogP contribution is -2.48. The fraction of sp³-hybridized carbons (Fsp3) is 0.615. The highest BCUT2D eigenvalue weighted by atomic mass is 32.1. The number of amides is 1. The van der Waals surface area contributed by atoms with Crippen LogP contribution in [0.2, 0.25) is 0 Å². The molecule has 2 atom stereocenters. The molecule has 1 amide bonds. The van der Waals surface area contributed by atoms with Crippen molar-refractivity contribution < 1.29 is 4.79 Å². The number of nitrogens with zero attached hydrogens (tertiary/aromatic N) is 1. The van der Waals surface area contributed by atoms with E-state index in [1.54, 1.807) is 11.3 Å². The number of rotatable bonds is 4. The van der Waals surface area contributed by atoms with Gasteiger partial charge in [0.1, 0.15) is 0 Å². The second-order valence-electron chi connectivity index (χ2n) is 4.60. The number of hydrogen-bond donors (Lipinski definition) is 1. The fourth-order valence-electron chi connectivity index (χ4n) is 2.39. The van der Waals surface area contributed by atoms with Crippen molar-refractivity contribution in [3.63, 3.8) is 0 Å². The summed E-state index contributed by atoms with van der Waals surface area (Å²) in [6.45, 7) is 2.99. The van der Waals surface area contributed by atoms with Crippen LogP contribution in [0.15, 0.2) is 17.5 Å². The molecule has 1 fully saturated rings. The minimum Gasteiger partial charge on any atom is -0.333 e. The Bertz CT molecular complexity index is 364. The Morgan fingerprint density at radius 2 is 2.41 bits per heavy atom. The number of nitrogens with two attached hydrogens (primary N) is 1. The molecule has 1 saturated heterocycles. The third kappa shape index (κ3) is 2.69. The van der Waals surface area contributed by atoms with Crippen molar-refractivity contribution in [1.29, 1.82) is 0 Å². The first kappa shape index (κ1) is 12.6. The van der Waals surface area contributed by atoms with Gasteiger partial charge in [-0.05, 0) is 24.3 Å². The molecule has 17 heavy (non-hydrogen) atoms. The smallest absolute Gasteiger partial charge is 0.223 e. The summed E-state index contributed by atoms with van der Waals surface area (Å²) in [6.07, 6.45) is 3.58. The molecule has 1 aliphatic rings. The molecule has 4 heteroatoms. The summed E-state index contributed by atoms with van der Waals surface area (Å²) < 4.78 is 0. The molecule has 0 saturated carbocycles. The lowest BCUT2D eigenvalue weighted by molar-refractivity contribution is -0.137. The summed E-state index contributed by atoms with van der Waals surface area (Å²) in [5.74, 6) is 0.263. The zero-order valence-corrected chi connectivity index (χ0v) is 11.1. The SMILES string of the molecule is CCCCN1C(=O)CCC(N)C1c1cccs1. The fourth-order valence-corrected chi connectivity index (χ4v) is 3.31. The maximum absolute atomic E-state index is 12.0. The maximum Gasteiger partial charge on any atom is 0.223 e. The maximum atomic E-state index is 12.0. The van der Waals surface area contributed by atoms with E-state index in [0.29, 0.717) is 6.42 Å². The van der Waals surface area contributed by atoms with Gasteiger partial charge in [-0.15, -0.1) is 11.3 Å². The molecule has 2 rings (SSSR count). The highest BCUT2D eigenvalue weighted by Gasteiger charge is 2.34. The molecule has 0 bridgehead atoms. The van der Waals surface area contributed by atoms with E-state index in [0.717, 1.165) is 25.8 Å². The molecule has 2 heterocycles. The summed E-state index contributed by atoms with van der Waals surface area (Å²) >= 11 is 1.70. The van der Waals surface area contributed by atoms with Crippen molar-refractivity contribution in [2.24, 2.45) is 5.73 Å². The molecule has 1 aliphatic heterocycles. The lowest BCUT2D eigenvalue weighted by atomic mass is 9.95. The minimum absolute atomic E-state index is 0.0863.